The molecule has 9 heavy (non-hydrogen) atoms. The van der Waals surface area contributed by atoms with Crippen LogP contribution in [0.5, 0.6) is 0 Å². The Bertz CT molecular complexity index is 156. The summed E-state index contributed by atoms with van der Waals surface area (Å²) in [6.45, 7) is 1.85. The van der Waals surface area contributed by atoms with Crippen molar-refractivity contribution in [3.63, 3.8) is 0 Å². The molecule has 1 heterocycles. The lowest BCUT2D eigenvalue weighted by Gasteiger charge is -2.15. The lowest BCUT2D eigenvalue weighted by atomic mass is 10.1. The molecule has 50 valence electrons. The lowest BCUT2D eigenvalue weighted by Crippen LogP contribution is -2.23. The third-order valence-corrected chi connectivity index (χ3v) is 3.08. The minimum atomic E-state index is -0.373. The van der Waals surface area contributed by atoms with Crippen LogP contribution in [0.25, 0.3) is 0 Å². The Hall–Kier alpha value is 0.0500. The second-order valence-electron chi connectivity index (χ2n) is 2.20. The van der Waals surface area contributed by atoms with Crippen LogP contribution in [0, 0.1) is 0 Å². The van der Waals surface area contributed by atoms with Gasteiger partial charge in [0, 0.05) is 0 Å². The average Bonchev–Trinajstić information content (AvgIpc) is 2.16. The number of carbonyl (C=O) groups excluding carboxylic acids is 1. The molecule has 0 saturated carbocycles. The van der Waals surface area contributed by atoms with Gasteiger partial charge in [0.25, 0.3) is 0 Å². The third kappa shape index (κ3) is 1.30. The number of halogens is 1. The van der Waals surface area contributed by atoms with Gasteiger partial charge in [0.2, 0.25) is 5.24 Å². The highest BCUT2D eigenvalue weighted by Crippen LogP contribution is 2.37. The number of hydrogen-bond donors (Lipinski definition) is 0. The van der Waals surface area contributed by atoms with Gasteiger partial charge >= 0.3 is 0 Å². The van der Waals surface area contributed by atoms with Crippen molar-refractivity contribution in [1.29, 1.82) is 0 Å². The first-order valence-corrected chi connectivity index (χ1v) is 3.94. The van der Waals surface area contributed by atoms with Crippen LogP contribution < -0.4 is 0 Å². The fraction of sp³-hybridized carbons (Fsp3) is 0.500. The van der Waals surface area contributed by atoms with Crippen molar-refractivity contribution in [2.45, 2.75) is 18.1 Å². The predicted molar refractivity (Wildman–Crippen MR) is 40.6 cm³/mol. The van der Waals surface area contributed by atoms with Crippen LogP contribution in [0.4, 0.5) is 0 Å². The molecule has 0 amide bonds. The SMILES string of the molecule is CC1(C(=O)Cl)CC=CS1. The van der Waals surface area contributed by atoms with Crippen LogP contribution in [-0.4, -0.2) is 9.99 Å². The molecular formula is C6H7ClOS. The molecule has 0 aliphatic carbocycles. The minimum Gasteiger partial charge on any atom is -0.280 e. The summed E-state index contributed by atoms with van der Waals surface area (Å²) in [6.07, 6.45) is 2.73. The number of hydrogen-bond acceptors (Lipinski definition) is 2. The van der Waals surface area contributed by atoms with E-state index in [0.29, 0.717) is 0 Å². The van der Waals surface area contributed by atoms with Gasteiger partial charge in [0.15, 0.2) is 0 Å². The molecular weight excluding hydrogens is 156 g/mol. The molecule has 0 aromatic carbocycles. The zero-order valence-electron chi connectivity index (χ0n) is 5.06. The molecule has 0 bridgehead atoms. The summed E-state index contributed by atoms with van der Waals surface area (Å²) >= 11 is 6.82. The smallest absolute Gasteiger partial charge is 0.238 e. The van der Waals surface area contributed by atoms with Gasteiger partial charge in [0.1, 0.15) is 0 Å². The van der Waals surface area contributed by atoms with Gasteiger partial charge in [-0.25, -0.2) is 0 Å². The van der Waals surface area contributed by atoms with Crippen LogP contribution in [0.3, 0.4) is 0 Å². The van der Waals surface area contributed by atoms with Crippen LogP contribution in [0.2, 0.25) is 0 Å². The lowest BCUT2D eigenvalue weighted by molar-refractivity contribution is -0.113. The van der Waals surface area contributed by atoms with Crippen molar-refractivity contribution in [2.24, 2.45) is 0 Å². The normalized spacial score (nSPS) is 33.1. The highest BCUT2D eigenvalue weighted by molar-refractivity contribution is 8.04. The van der Waals surface area contributed by atoms with E-state index in [1.165, 1.54) is 11.8 Å². The van der Waals surface area contributed by atoms with Gasteiger partial charge in [-0.15, -0.1) is 11.8 Å². The molecule has 1 atom stereocenters. The summed E-state index contributed by atoms with van der Waals surface area (Å²) in [7, 11) is 0. The summed E-state index contributed by atoms with van der Waals surface area (Å²) in [6, 6.07) is 0. The zero-order chi connectivity index (χ0) is 6.91. The minimum absolute atomic E-state index is 0.252. The van der Waals surface area contributed by atoms with Crippen molar-refractivity contribution in [2.75, 3.05) is 0 Å². The summed E-state index contributed by atoms with van der Waals surface area (Å²) < 4.78 is -0.373. The van der Waals surface area contributed by atoms with E-state index in [-0.39, 0.29) is 9.99 Å². The quantitative estimate of drug-likeness (QED) is 0.550. The standard InChI is InChI=1S/C6H7ClOS/c1-6(5(7)8)3-2-4-9-6/h2,4H,3H2,1H3. The number of carbonyl (C=O) groups is 1. The molecule has 0 aromatic rings. The highest BCUT2D eigenvalue weighted by atomic mass is 35.5. The molecule has 0 aromatic heterocycles. The molecule has 0 radical (unpaired) electrons. The first-order valence-electron chi connectivity index (χ1n) is 2.68. The molecule has 0 spiro atoms. The molecule has 3 heteroatoms. The van der Waals surface area contributed by atoms with E-state index in [4.69, 9.17) is 11.6 Å². The van der Waals surface area contributed by atoms with Gasteiger partial charge in [-0.1, -0.05) is 6.08 Å². The third-order valence-electron chi connectivity index (χ3n) is 1.35. The van der Waals surface area contributed by atoms with Crippen molar-refractivity contribution >= 4 is 28.6 Å². The molecule has 0 N–H and O–H groups in total. The van der Waals surface area contributed by atoms with E-state index < -0.39 is 0 Å². The van der Waals surface area contributed by atoms with Crippen LogP contribution in [-0.2, 0) is 4.79 Å². The highest BCUT2D eigenvalue weighted by Gasteiger charge is 2.32. The first kappa shape index (κ1) is 7.16. The predicted octanol–water partition coefficient (Wildman–Crippen LogP) is 2.16. The number of allylic oxidation sites excluding steroid dienone is 1. The largest absolute Gasteiger partial charge is 0.280 e. The van der Waals surface area contributed by atoms with E-state index in [2.05, 4.69) is 0 Å². The molecule has 0 saturated heterocycles. The monoisotopic (exact) mass is 162 g/mol. The number of rotatable bonds is 1. The maximum Gasteiger partial charge on any atom is 0.238 e. The summed E-state index contributed by atoms with van der Waals surface area (Å²) in [5.74, 6) is 0. The Morgan fingerprint density at radius 2 is 2.56 bits per heavy atom. The molecule has 1 aliphatic rings. The zero-order valence-corrected chi connectivity index (χ0v) is 6.63. The maximum absolute atomic E-state index is 10.7. The van der Waals surface area contributed by atoms with Gasteiger partial charge < -0.3 is 0 Å². The summed E-state index contributed by atoms with van der Waals surface area (Å²) in [4.78, 5) is 10.7. The Labute approximate surface area is 63.5 Å². The Kier molecular flexibility index (Phi) is 1.87. The van der Waals surface area contributed by atoms with E-state index in [9.17, 15) is 4.79 Å². The van der Waals surface area contributed by atoms with E-state index >= 15 is 0 Å². The molecule has 1 nitrogen and oxygen atoms in total. The van der Waals surface area contributed by atoms with E-state index in [0.717, 1.165) is 6.42 Å². The topological polar surface area (TPSA) is 17.1 Å². The Balaban J connectivity index is 2.66. The fourth-order valence-electron chi connectivity index (χ4n) is 0.646. The number of thioether (sulfide) groups is 1. The van der Waals surface area contributed by atoms with Crippen molar-refractivity contribution < 1.29 is 4.79 Å². The van der Waals surface area contributed by atoms with E-state index in [1.807, 2.05) is 18.4 Å². The maximum atomic E-state index is 10.7. The summed E-state index contributed by atoms with van der Waals surface area (Å²) in [5, 5.41) is 1.66. The molecule has 0 fully saturated rings. The van der Waals surface area contributed by atoms with Crippen LogP contribution >= 0.6 is 23.4 Å². The summed E-state index contributed by atoms with van der Waals surface area (Å²) in [5.41, 5.74) is 0. The average molecular weight is 163 g/mol. The fourth-order valence-corrected chi connectivity index (χ4v) is 1.63. The van der Waals surface area contributed by atoms with Gasteiger partial charge in [0.05, 0.1) is 4.75 Å². The van der Waals surface area contributed by atoms with E-state index in [1.54, 1.807) is 0 Å². The Morgan fingerprint density at radius 1 is 1.89 bits per heavy atom. The van der Waals surface area contributed by atoms with Gasteiger partial charge in [-0.05, 0) is 30.4 Å². The van der Waals surface area contributed by atoms with Crippen molar-refractivity contribution in [3.05, 3.63) is 11.5 Å². The second kappa shape index (κ2) is 2.35. The second-order valence-corrected chi connectivity index (χ2v) is 3.95. The van der Waals surface area contributed by atoms with Crippen LogP contribution in [0.15, 0.2) is 11.5 Å². The Morgan fingerprint density at radius 3 is 2.78 bits per heavy atom. The first-order chi connectivity index (χ1) is 4.15. The van der Waals surface area contributed by atoms with Gasteiger partial charge in [-0.3, -0.25) is 4.79 Å². The van der Waals surface area contributed by atoms with Crippen molar-refractivity contribution in [1.82, 2.24) is 0 Å². The van der Waals surface area contributed by atoms with Gasteiger partial charge in [-0.2, -0.15) is 0 Å². The molecule has 1 unspecified atom stereocenters. The molecule has 1 aliphatic heterocycles. The van der Waals surface area contributed by atoms with Crippen molar-refractivity contribution in [3.8, 4) is 0 Å². The van der Waals surface area contributed by atoms with Crippen LogP contribution in [0.1, 0.15) is 13.3 Å². The molecule has 1 rings (SSSR count).